The Kier molecular flexibility index (Phi) is 6.10. The Bertz CT molecular complexity index is 468. The number of halogens is 1. The summed E-state index contributed by atoms with van der Waals surface area (Å²) in [5.41, 5.74) is 6.46. The van der Waals surface area contributed by atoms with Crippen LogP contribution in [-0.2, 0) is 4.79 Å². The molecule has 1 saturated heterocycles. The highest BCUT2D eigenvalue weighted by Crippen LogP contribution is 2.38. The second-order valence-corrected chi connectivity index (χ2v) is 4.56. The molecule has 1 amide bonds. The summed E-state index contributed by atoms with van der Waals surface area (Å²) in [6.07, 6.45) is 1.91. The molecule has 5 nitrogen and oxygen atoms in total. The molecule has 1 aliphatic heterocycles. The summed E-state index contributed by atoms with van der Waals surface area (Å²) in [6.45, 7) is 0.795. The minimum absolute atomic E-state index is 0. The first-order valence-corrected chi connectivity index (χ1v) is 6.42. The van der Waals surface area contributed by atoms with Gasteiger partial charge in [0.25, 0.3) is 0 Å². The van der Waals surface area contributed by atoms with E-state index in [2.05, 4.69) is 0 Å². The molecule has 6 heteroatoms. The largest absolute Gasteiger partial charge is 0.497 e. The summed E-state index contributed by atoms with van der Waals surface area (Å²) in [5.74, 6) is 1.53. The van der Waals surface area contributed by atoms with Crippen molar-refractivity contribution >= 4 is 18.3 Å². The van der Waals surface area contributed by atoms with Crippen molar-refractivity contribution in [2.24, 2.45) is 5.73 Å². The Morgan fingerprint density at radius 3 is 2.75 bits per heavy atom. The molecular weight excluding hydrogens is 280 g/mol. The first-order valence-electron chi connectivity index (χ1n) is 6.42. The van der Waals surface area contributed by atoms with Gasteiger partial charge >= 0.3 is 0 Å². The van der Waals surface area contributed by atoms with Gasteiger partial charge in [-0.25, -0.2) is 0 Å². The predicted octanol–water partition coefficient (Wildman–Crippen LogP) is 1.75. The first-order chi connectivity index (χ1) is 9.21. The Morgan fingerprint density at radius 1 is 1.40 bits per heavy atom. The van der Waals surface area contributed by atoms with Crippen molar-refractivity contribution in [3.63, 3.8) is 0 Å². The van der Waals surface area contributed by atoms with Gasteiger partial charge in [0.1, 0.15) is 11.5 Å². The van der Waals surface area contributed by atoms with Gasteiger partial charge in [-0.15, -0.1) is 12.4 Å². The van der Waals surface area contributed by atoms with Crippen LogP contribution in [0.25, 0.3) is 0 Å². The second kappa shape index (κ2) is 7.36. The summed E-state index contributed by atoms with van der Waals surface area (Å²) >= 11 is 0. The van der Waals surface area contributed by atoms with E-state index in [1.54, 1.807) is 14.2 Å². The van der Waals surface area contributed by atoms with Crippen LogP contribution in [0.4, 0.5) is 0 Å². The number of benzene rings is 1. The average molecular weight is 301 g/mol. The van der Waals surface area contributed by atoms with Gasteiger partial charge in [-0.3, -0.25) is 4.79 Å². The highest BCUT2D eigenvalue weighted by molar-refractivity contribution is 5.85. The van der Waals surface area contributed by atoms with E-state index in [0.717, 1.165) is 36.4 Å². The maximum Gasteiger partial charge on any atom is 0.236 e. The van der Waals surface area contributed by atoms with Crippen LogP contribution in [0.1, 0.15) is 24.4 Å². The van der Waals surface area contributed by atoms with Gasteiger partial charge in [0.15, 0.2) is 0 Å². The van der Waals surface area contributed by atoms with E-state index in [9.17, 15) is 4.79 Å². The fraction of sp³-hybridized carbons (Fsp3) is 0.500. The fourth-order valence-electron chi connectivity index (χ4n) is 2.61. The topological polar surface area (TPSA) is 64.8 Å². The lowest BCUT2D eigenvalue weighted by Crippen LogP contribution is -2.35. The number of nitrogens with two attached hydrogens (primary N) is 1. The molecular formula is C14H21ClN2O3. The first kappa shape index (κ1) is 16.6. The SMILES string of the molecule is COc1ccc(OC)c(C2CCCN2C(=O)CN)c1.Cl. The molecule has 0 radical (unpaired) electrons. The molecule has 0 spiro atoms. The summed E-state index contributed by atoms with van der Waals surface area (Å²) in [5, 5.41) is 0. The molecule has 0 bridgehead atoms. The van der Waals surface area contributed by atoms with Crippen molar-refractivity contribution in [1.82, 2.24) is 4.90 Å². The van der Waals surface area contributed by atoms with Crippen molar-refractivity contribution in [3.8, 4) is 11.5 Å². The minimum Gasteiger partial charge on any atom is -0.497 e. The van der Waals surface area contributed by atoms with E-state index in [1.807, 2.05) is 23.1 Å². The lowest BCUT2D eigenvalue weighted by Gasteiger charge is -2.26. The van der Waals surface area contributed by atoms with E-state index in [1.165, 1.54) is 0 Å². The number of carbonyl (C=O) groups excluding carboxylic acids is 1. The smallest absolute Gasteiger partial charge is 0.236 e. The van der Waals surface area contributed by atoms with Gasteiger partial charge < -0.3 is 20.1 Å². The summed E-state index contributed by atoms with van der Waals surface area (Å²) in [4.78, 5) is 13.7. The highest BCUT2D eigenvalue weighted by Gasteiger charge is 2.31. The Morgan fingerprint density at radius 2 is 2.15 bits per heavy atom. The van der Waals surface area contributed by atoms with E-state index < -0.39 is 0 Å². The molecule has 1 atom stereocenters. The van der Waals surface area contributed by atoms with Crippen molar-refractivity contribution in [2.45, 2.75) is 18.9 Å². The van der Waals surface area contributed by atoms with E-state index >= 15 is 0 Å². The predicted molar refractivity (Wildman–Crippen MR) is 79.5 cm³/mol. The molecule has 0 aliphatic carbocycles. The number of hydrogen-bond acceptors (Lipinski definition) is 4. The number of rotatable bonds is 4. The van der Waals surface area contributed by atoms with Gasteiger partial charge in [-0.05, 0) is 31.0 Å². The molecule has 112 valence electrons. The van der Waals surface area contributed by atoms with E-state index in [4.69, 9.17) is 15.2 Å². The van der Waals surface area contributed by atoms with Crippen LogP contribution in [-0.4, -0.2) is 38.1 Å². The van der Waals surface area contributed by atoms with Crippen LogP contribution in [0, 0.1) is 0 Å². The monoisotopic (exact) mass is 300 g/mol. The number of methoxy groups -OCH3 is 2. The third-order valence-corrected chi connectivity index (χ3v) is 3.54. The van der Waals surface area contributed by atoms with Crippen LogP contribution in [0.2, 0.25) is 0 Å². The van der Waals surface area contributed by atoms with Crippen molar-refractivity contribution in [3.05, 3.63) is 23.8 Å². The average Bonchev–Trinajstić information content (AvgIpc) is 2.94. The van der Waals surface area contributed by atoms with Gasteiger partial charge in [0.2, 0.25) is 5.91 Å². The van der Waals surface area contributed by atoms with Crippen LogP contribution >= 0.6 is 12.4 Å². The molecule has 2 N–H and O–H groups in total. The van der Waals surface area contributed by atoms with E-state index in [0.29, 0.717) is 0 Å². The molecule has 1 heterocycles. The van der Waals surface area contributed by atoms with E-state index in [-0.39, 0.29) is 30.9 Å². The van der Waals surface area contributed by atoms with Crippen molar-refractivity contribution in [2.75, 3.05) is 27.3 Å². The Hall–Kier alpha value is -1.46. The molecule has 1 unspecified atom stereocenters. The normalized spacial score (nSPS) is 17.6. The lowest BCUT2D eigenvalue weighted by molar-refractivity contribution is -0.130. The highest BCUT2D eigenvalue weighted by atomic mass is 35.5. The fourth-order valence-corrected chi connectivity index (χ4v) is 2.61. The Balaban J connectivity index is 0.00000200. The van der Waals surface area contributed by atoms with Crippen molar-refractivity contribution in [1.29, 1.82) is 0 Å². The van der Waals surface area contributed by atoms with Gasteiger partial charge in [-0.1, -0.05) is 0 Å². The summed E-state index contributed by atoms with van der Waals surface area (Å²) < 4.78 is 10.6. The Labute approximate surface area is 125 Å². The number of carbonyl (C=O) groups is 1. The maximum atomic E-state index is 11.9. The third-order valence-electron chi connectivity index (χ3n) is 3.54. The number of ether oxygens (including phenoxy) is 2. The number of amides is 1. The number of hydrogen-bond donors (Lipinski definition) is 1. The number of nitrogens with zero attached hydrogens (tertiary/aromatic N) is 1. The molecule has 1 aromatic rings. The van der Waals surface area contributed by atoms with Gasteiger partial charge in [-0.2, -0.15) is 0 Å². The minimum atomic E-state index is -0.0210. The van der Waals surface area contributed by atoms with Crippen LogP contribution < -0.4 is 15.2 Å². The van der Waals surface area contributed by atoms with Gasteiger partial charge in [0.05, 0.1) is 26.8 Å². The molecule has 2 rings (SSSR count). The van der Waals surface area contributed by atoms with Crippen LogP contribution in [0.3, 0.4) is 0 Å². The van der Waals surface area contributed by atoms with Crippen LogP contribution in [0.5, 0.6) is 11.5 Å². The summed E-state index contributed by atoms with van der Waals surface area (Å²) in [6, 6.07) is 5.69. The zero-order chi connectivity index (χ0) is 13.8. The molecule has 1 aliphatic rings. The van der Waals surface area contributed by atoms with Crippen LogP contribution in [0.15, 0.2) is 18.2 Å². The summed E-state index contributed by atoms with van der Waals surface area (Å²) in [7, 11) is 3.26. The molecule has 20 heavy (non-hydrogen) atoms. The molecule has 1 aromatic carbocycles. The lowest BCUT2D eigenvalue weighted by atomic mass is 10.0. The third kappa shape index (κ3) is 3.16. The van der Waals surface area contributed by atoms with Gasteiger partial charge in [0, 0.05) is 12.1 Å². The molecule has 1 fully saturated rings. The maximum absolute atomic E-state index is 11.9. The van der Waals surface area contributed by atoms with Crippen molar-refractivity contribution < 1.29 is 14.3 Å². The standard InChI is InChI=1S/C14H20N2O3.ClH/c1-18-10-5-6-13(19-2)11(8-10)12-4-3-7-16(12)14(17)9-15;/h5-6,8,12H,3-4,7,9,15H2,1-2H3;1H. The molecule has 0 aromatic heterocycles. The molecule has 0 saturated carbocycles. The zero-order valence-electron chi connectivity index (χ0n) is 11.8. The zero-order valence-corrected chi connectivity index (χ0v) is 12.6. The quantitative estimate of drug-likeness (QED) is 0.920. The number of likely N-dealkylation sites (tertiary alicyclic amines) is 1. The second-order valence-electron chi connectivity index (χ2n) is 4.56.